The summed E-state index contributed by atoms with van der Waals surface area (Å²) in [4.78, 5) is 4.00. The number of benzene rings is 1. The van der Waals surface area contributed by atoms with Crippen LogP contribution in [0.3, 0.4) is 0 Å². The van der Waals surface area contributed by atoms with Gasteiger partial charge in [-0.25, -0.2) is 13.8 Å². The maximum absolute atomic E-state index is 12.8. The van der Waals surface area contributed by atoms with E-state index in [1.54, 1.807) is 24.3 Å². The van der Waals surface area contributed by atoms with Crippen molar-refractivity contribution in [2.45, 2.75) is 18.3 Å². The topological polar surface area (TPSA) is 26.0 Å². The van der Waals surface area contributed by atoms with Crippen molar-refractivity contribution in [1.82, 2.24) is 4.98 Å². The molecular weight excluding hydrogens is 248 g/mol. The van der Waals surface area contributed by atoms with Crippen LogP contribution in [0.15, 0.2) is 34.9 Å². The van der Waals surface area contributed by atoms with Crippen molar-refractivity contribution < 1.29 is 13.2 Å². The first-order chi connectivity index (χ1) is 8.06. The van der Waals surface area contributed by atoms with E-state index in [2.05, 4.69) is 4.98 Å². The van der Waals surface area contributed by atoms with Gasteiger partial charge in [-0.2, -0.15) is 0 Å². The molecule has 1 aliphatic carbocycles. The van der Waals surface area contributed by atoms with Gasteiger partial charge in [-0.05, 0) is 18.2 Å². The number of hydrogen-bond acceptors (Lipinski definition) is 2. The van der Waals surface area contributed by atoms with Crippen molar-refractivity contribution in [3.05, 3.63) is 41.2 Å². The lowest BCUT2D eigenvalue weighted by molar-refractivity contribution is 0.109. The molecule has 1 heterocycles. The molecule has 0 amide bonds. The Hall–Kier alpha value is -1.42. The van der Waals surface area contributed by atoms with Gasteiger partial charge in [0.25, 0.3) is 5.92 Å². The molecule has 0 aliphatic heterocycles. The van der Waals surface area contributed by atoms with Crippen LogP contribution in [-0.2, 0) is 0 Å². The lowest BCUT2D eigenvalue weighted by atomic mass is 10.2. The van der Waals surface area contributed by atoms with Crippen molar-refractivity contribution in [2.75, 3.05) is 0 Å². The minimum Gasteiger partial charge on any atom is -0.441 e. The molecule has 5 heteroatoms. The molecule has 17 heavy (non-hydrogen) atoms. The molecule has 0 saturated heterocycles. The summed E-state index contributed by atoms with van der Waals surface area (Å²) in [5, 5.41) is 0.555. The Morgan fingerprint density at radius 3 is 2.82 bits per heavy atom. The van der Waals surface area contributed by atoms with Gasteiger partial charge < -0.3 is 4.42 Å². The summed E-state index contributed by atoms with van der Waals surface area (Å²) in [6.45, 7) is 0. The Kier molecular flexibility index (Phi) is 2.23. The van der Waals surface area contributed by atoms with E-state index in [0.29, 0.717) is 16.5 Å². The molecule has 88 valence electrons. The molecule has 2 nitrogen and oxygen atoms in total. The molecule has 1 aromatic carbocycles. The van der Waals surface area contributed by atoms with Crippen LogP contribution in [0.25, 0.3) is 11.5 Å². The van der Waals surface area contributed by atoms with Gasteiger partial charge in [0, 0.05) is 17.0 Å². The quantitative estimate of drug-likeness (QED) is 0.807. The van der Waals surface area contributed by atoms with E-state index in [1.165, 1.54) is 6.20 Å². The molecular formula is C12H8ClF2NO. The molecule has 0 spiro atoms. The smallest absolute Gasteiger partial charge is 0.259 e. The molecule has 1 fully saturated rings. The highest BCUT2D eigenvalue weighted by atomic mass is 35.5. The Morgan fingerprint density at radius 1 is 1.41 bits per heavy atom. The van der Waals surface area contributed by atoms with E-state index in [4.69, 9.17) is 16.0 Å². The number of rotatable bonds is 2. The first kappa shape index (κ1) is 10.7. The van der Waals surface area contributed by atoms with Crippen LogP contribution in [0.4, 0.5) is 8.78 Å². The van der Waals surface area contributed by atoms with Gasteiger partial charge in [-0.3, -0.25) is 0 Å². The first-order valence-corrected chi connectivity index (χ1v) is 5.53. The second-order valence-electron chi connectivity index (χ2n) is 4.10. The number of oxazole rings is 1. The van der Waals surface area contributed by atoms with Crippen LogP contribution in [0.5, 0.6) is 0 Å². The fourth-order valence-corrected chi connectivity index (χ4v) is 1.91. The average molecular weight is 256 g/mol. The van der Waals surface area contributed by atoms with Crippen molar-refractivity contribution in [2.24, 2.45) is 0 Å². The predicted molar refractivity (Wildman–Crippen MR) is 59.3 cm³/mol. The summed E-state index contributed by atoms with van der Waals surface area (Å²) in [5.41, 5.74) is 0.688. The molecule has 0 bridgehead atoms. The highest BCUT2D eigenvalue weighted by Gasteiger charge is 2.59. The molecule has 1 unspecified atom stereocenters. The van der Waals surface area contributed by atoms with Gasteiger partial charge in [-0.1, -0.05) is 17.7 Å². The van der Waals surface area contributed by atoms with E-state index in [9.17, 15) is 8.78 Å². The number of aromatic nitrogens is 1. The highest BCUT2D eigenvalue weighted by Crippen LogP contribution is 2.56. The SMILES string of the molecule is FC1(F)CC1c1cnc(-c2cccc(Cl)c2)o1. The monoisotopic (exact) mass is 255 g/mol. The third kappa shape index (κ3) is 1.93. The molecule has 1 saturated carbocycles. The number of alkyl halides is 2. The minimum absolute atomic E-state index is 0.156. The normalized spacial score (nSPS) is 21.5. The zero-order chi connectivity index (χ0) is 12.0. The summed E-state index contributed by atoms with van der Waals surface area (Å²) >= 11 is 5.83. The summed E-state index contributed by atoms with van der Waals surface area (Å²) in [7, 11) is 0. The van der Waals surface area contributed by atoms with Gasteiger partial charge in [-0.15, -0.1) is 0 Å². The molecule has 1 aliphatic rings. The van der Waals surface area contributed by atoms with Crippen molar-refractivity contribution in [1.29, 1.82) is 0 Å². The third-order valence-electron chi connectivity index (χ3n) is 2.76. The largest absolute Gasteiger partial charge is 0.441 e. The molecule has 1 aromatic heterocycles. The zero-order valence-electron chi connectivity index (χ0n) is 8.66. The molecule has 2 aromatic rings. The number of hydrogen-bond donors (Lipinski definition) is 0. The summed E-state index contributed by atoms with van der Waals surface area (Å²) in [6, 6.07) is 6.94. The van der Waals surface area contributed by atoms with Crippen LogP contribution in [0, 0.1) is 0 Å². The number of halogens is 3. The summed E-state index contributed by atoms with van der Waals surface area (Å²) < 4.78 is 31.0. The molecule has 0 radical (unpaired) electrons. The van der Waals surface area contributed by atoms with Crippen molar-refractivity contribution >= 4 is 11.6 Å². The summed E-state index contributed by atoms with van der Waals surface area (Å²) in [6.07, 6.45) is 1.21. The van der Waals surface area contributed by atoms with Crippen LogP contribution in [0.2, 0.25) is 5.02 Å². The third-order valence-corrected chi connectivity index (χ3v) is 3.00. The van der Waals surface area contributed by atoms with Crippen LogP contribution in [-0.4, -0.2) is 10.9 Å². The van der Waals surface area contributed by atoms with Gasteiger partial charge in [0.05, 0.1) is 12.1 Å². The van der Waals surface area contributed by atoms with Gasteiger partial charge in [0.1, 0.15) is 5.76 Å². The second kappa shape index (κ2) is 3.53. The Morgan fingerprint density at radius 2 is 2.18 bits per heavy atom. The van der Waals surface area contributed by atoms with Crippen LogP contribution < -0.4 is 0 Å². The van der Waals surface area contributed by atoms with Crippen molar-refractivity contribution in [3.8, 4) is 11.5 Å². The minimum atomic E-state index is -2.63. The maximum Gasteiger partial charge on any atom is 0.259 e. The zero-order valence-corrected chi connectivity index (χ0v) is 9.42. The second-order valence-corrected chi connectivity index (χ2v) is 4.53. The van der Waals surface area contributed by atoms with E-state index < -0.39 is 11.8 Å². The lowest BCUT2D eigenvalue weighted by Gasteiger charge is -1.96. The Bertz CT molecular complexity index is 567. The molecule has 0 N–H and O–H groups in total. The van der Waals surface area contributed by atoms with Gasteiger partial charge in [0.15, 0.2) is 0 Å². The van der Waals surface area contributed by atoms with Gasteiger partial charge in [0.2, 0.25) is 5.89 Å². The standard InChI is InChI=1S/C12H8ClF2NO/c13-8-3-1-2-7(4-8)11-16-6-10(17-11)9-5-12(9,14)15/h1-4,6,9H,5H2. The highest BCUT2D eigenvalue weighted by molar-refractivity contribution is 6.30. The maximum atomic E-state index is 12.8. The van der Waals surface area contributed by atoms with E-state index in [0.717, 1.165) is 0 Å². The Labute approximate surface area is 101 Å². The van der Waals surface area contributed by atoms with E-state index in [-0.39, 0.29) is 12.2 Å². The Balaban J connectivity index is 1.91. The predicted octanol–water partition coefficient (Wildman–Crippen LogP) is 4.12. The van der Waals surface area contributed by atoms with Crippen LogP contribution >= 0.6 is 11.6 Å². The fourth-order valence-electron chi connectivity index (χ4n) is 1.72. The van der Waals surface area contributed by atoms with Gasteiger partial charge >= 0.3 is 0 Å². The summed E-state index contributed by atoms with van der Waals surface area (Å²) in [5.74, 6) is -2.89. The van der Waals surface area contributed by atoms with Crippen molar-refractivity contribution in [3.63, 3.8) is 0 Å². The average Bonchev–Trinajstić information content (AvgIpc) is 2.76. The molecule has 3 rings (SSSR count). The first-order valence-electron chi connectivity index (χ1n) is 5.16. The van der Waals surface area contributed by atoms with Crippen LogP contribution in [0.1, 0.15) is 18.1 Å². The number of nitrogens with zero attached hydrogens (tertiary/aromatic N) is 1. The lowest BCUT2D eigenvalue weighted by Crippen LogP contribution is -1.90. The van der Waals surface area contributed by atoms with E-state index >= 15 is 0 Å². The fraction of sp³-hybridized carbons (Fsp3) is 0.250. The van der Waals surface area contributed by atoms with E-state index in [1.807, 2.05) is 0 Å². The molecule has 1 atom stereocenters.